The molecule has 1 unspecified atom stereocenters. The van der Waals surface area contributed by atoms with Gasteiger partial charge in [0.1, 0.15) is 6.04 Å². The van der Waals surface area contributed by atoms with Gasteiger partial charge >= 0.3 is 5.97 Å². The lowest BCUT2D eigenvalue weighted by Crippen LogP contribution is -2.44. The predicted molar refractivity (Wildman–Crippen MR) is 86.8 cm³/mol. The first-order valence-electron chi connectivity index (χ1n) is 7.47. The summed E-state index contributed by atoms with van der Waals surface area (Å²) in [5, 5.41) is 16.0. The van der Waals surface area contributed by atoms with Gasteiger partial charge in [-0.25, -0.2) is 9.48 Å². The Hall–Kier alpha value is -2.63. The molecule has 1 heterocycles. The molecule has 2 aromatic rings. The average molecular weight is 315 g/mol. The lowest BCUT2D eigenvalue weighted by atomic mass is 10.0. The maximum Gasteiger partial charge on any atom is 0.326 e. The van der Waals surface area contributed by atoms with Crippen molar-refractivity contribution in [1.82, 2.24) is 15.1 Å². The van der Waals surface area contributed by atoms with E-state index in [1.807, 2.05) is 38.1 Å². The van der Waals surface area contributed by atoms with E-state index in [2.05, 4.69) is 10.4 Å². The smallest absolute Gasteiger partial charge is 0.326 e. The maximum atomic E-state index is 12.3. The molecule has 1 aromatic heterocycles. The Balaban J connectivity index is 2.24. The second-order valence-corrected chi connectivity index (χ2v) is 5.95. The third-order valence-corrected chi connectivity index (χ3v) is 3.62. The highest BCUT2D eigenvalue weighted by Crippen LogP contribution is 2.13. The largest absolute Gasteiger partial charge is 0.480 e. The molecular weight excluding hydrogens is 294 g/mol. The van der Waals surface area contributed by atoms with E-state index in [9.17, 15) is 9.59 Å². The fourth-order valence-electron chi connectivity index (χ4n) is 2.26. The molecule has 0 saturated heterocycles. The van der Waals surface area contributed by atoms with Crippen LogP contribution in [0.4, 0.5) is 0 Å². The number of aliphatic carboxylic acids is 1. The standard InChI is InChI=1S/C17H21N3O3/c1-10(2)15(17(22)23)18-16(21)14-9-12(4)20(19-14)13-7-5-11(3)6-8-13/h5-10,15H,1-4H3,(H,18,21)(H,22,23). The van der Waals surface area contributed by atoms with Crippen molar-refractivity contribution < 1.29 is 14.7 Å². The summed E-state index contributed by atoms with van der Waals surface area (Å²) in [5.74, 6) is -1.75. The Bertz CT molecular complexity index is 717. The first-order chi connectivity index (χ1) is 10.8. The third kappa shape index (κ3) is 3.77. The van der Waals surface area contributed by atoms with Gasteiger partial charge in [0.05, 0.1) is 5.69 Å². The average Bonchev–Trinajstić information content (AvgIpc) is 2.86. The molecule has 0 aliphatic heterocycles. The first-order valence-corrected chi connectivity index (χ1v) is 7.47. The Labute approximate surface area is 135 Å². The fourth-order valence-corrected chi connectivity index (χ4v) is 2.26. The summed E-state index contributed by atoms with van der Waals surface area (Å²) in [6, 6.07) is 8.49. The molecule has 122 valence electrons. The summed E-state index contributed by atoms with van der Waals surface area (Å²) in [5.41, 5.74) is 2.99. The van der Waals surface area contributed by atoms with Gasteiger partial charge in [-0.3, -0.25) is 4.79 Å². The number of carbonyl (C=O) groups excluding carboxylic acids is 1. The van der Waals surface area contributed by atoms with Crippen LogP contribution in [0.25, 0.3) is 5.69 Å². The Morgan fingerprint density at radius 3 is 2.30 bits per heavy atom. The van der Waals surface area contributed by atoms with Gasteiger partial charge < -0.3 is 10.4 Å². The summed E-state index contributed by atoms with van der Waals surface area (Å²) in [6.07, 6.45) is 0. The second kappa shape index (κ2) is 6.64. The summed E-state index contributed by atoms with van der Waals surface area (Å²) in [7, 11) is 0. The van der Waals surface area contributed by atoms with Gasteiger partial charge in [0.2, 0.25) is 0 Å². The number of amides is 1. The van der Waals surface area contributed by atoms with Crippen molar-refractivity contribution in [2.75, 3.05) is 0 Å². The van der Waals surface area contributed by atoms with E-state index < -0.39 is 17.9 Å². The number of aromatic nitrogens is 2. The van der Waals surface area contributed by atoms with E-state index in [4.69, 9.17) is 5.11 Å². The number of nitrogens with zero attached hydrogens (tertiary/aromatic N) is 2. The number of carboxylic acids is 1. The molecule has 0 radical (unpaired) electrons. The Morgan fingerprint density at radius 2 is 1.78 bits per heavy atom. The number of aryl methyl sites for hydroxylation is 2. The molecule has 6 nitrogen and oxygen atoms in total. The van der Waals surface area contributed by atoms with Crippen molar-refractivity contribution in [2.45, 2.75) is 33.7 Å². The normalized spacial score (nSPS) is 12.2. The van der Waals surface area contributed by atoms with Crippen molar-refractivity contribution in [3.8, 4) is 5.69 Å². The lowest BCUT2D eigenvalue weighted by molar-refractivity contribution is -0.140. The minimum absolute atomic E-state index is 0.204. The van der Waals surface area contributed by atoms with Gasteiger partial charge in [-0.15, -0.1) is 0 Å². The van der Waals surface area contributed by atoms with Crippen LogP contribution in [0.1, 0.15) is 35.6 Å². The molecule has 1 atom stereocenters. The van der Waals surface area contributed by atoms with E-state index in [0.717, 1.165) is 16.9 Å². The summed E-state index contributed by atoms with van der Waals surface area (Å²) < 4.78 is 1.67. The fraction of sp³-hybridized carbons (Fsp3) is 0.353. The number of benzene rings is 1. The van der Waals surface area contributed by atoms with Crippen molar-refractivity contribution >= 4 is 11.9 Å². The van der Waals surface area contributed by atoms with Crippen LogP contribution in [-0.4, -0.2) is 32.8 Å². The number of hydrogen-bond acceptors (Lipinski definition) is 3. The van der Waals surface area contributed by atoms with E-state index in [-0.39, 0.29) is 11.6 Å². The molecule has 0 fully saturated rings. The summed E-state index contributed by atoms with van der Waals surface area (Å²) in [4.78, 5) is 23.5. The minimum Gasteiger partial charge on any atom is -0.480 e. The molecule has 2 N–H and O–H groups in total. The van der Waals surface area contributed by atoms with Gasteiger partial charge in [-0.1, -0.05) is 31.5 Å². The quantitative estimate of drug-likeness (QED) is 0.887. The highest BCUT2D eigenvalue weighted by molar-refractivity contribution is 5.95. The number of nitrogens with one attached hydrogen (secondary N) is 1. The molecule has 6 heteroatoms. The van der Waals surface area contributed by atoms with Crippen molar-refractivity contribution in [3.63, 3.8) is 0 Å². The molecule has 1 amide bonds. The number of hydrogen-bond donors (Lipinski definition) is 2. The van der Waals surface area contributed by atoms with E-state index >= 15 is 0 Å². The number of carboxylic acid groups (broad SMARTS) is 1. The summed E-state index contributed by atoms with van der Waals surface area (Å²) >= 11 is 0. The van der Waals surface area contributed by atoms with Crippen LogP contribution < -0.4 is 5.32 Å². The third-order valence-electron chi connectivity index (χ3n) is 3.62. The zero-order valence-corrected chi connectivity index (χ0v) is 13.7. The van der Waals surface area contributed by atoms with E-state index in [1.165, 1.54) is 0 Å². The maximum absolute atomic E-state index is 12.3. The van der Waals surface area contributed by atoms with Crippen LogP contribution in [0.2, 0.25) is 0 Å². The second-order valence-electron chi connectivity index (χ2n) is 5.95. The van der Waals surface area contributed by atoms with E-state index in [1.54, 1.807) is 24.6 Å². The number of rotatable bonds is 5. The van der Waals surface area contributed by atoms with Crippen LogP contribution in [-0.2, 0) is 4.79 Å². The van der Waals surface area contributed by atoms with Crippen molar-refractivity contribution in [1.29, 1.82) is 0 Å². The van der Waals surface area contributed by atoms with E-state index in [0.29, 0.717) is 0 Å². The van der Waals surface area contributed by atoms with Crippen molar-refractivity contribution in [2.24, 2.45) is 5.92 Å². The molecule has 0 saturated carbocycles. The zero-order chi connectivity index (χ0) is 17.1. The Morgan fingerprint density at radius 1 is 1.17 bits per heavy atom. The van der Waals surface area contributed by atoms with Crippen LogP contribution in [0.3, 0.4) is 0 Å². The zero-order valence-electron chi connectivity index (χ0n) is 13.7. The minimum atomic E-state index is -1.05. The molecule has 1 aromatic carbocycles. The van der Waals surface area contributed by atoms with Crippen LogP contribution in [0.5, 0.6) is 0 Å². The molecule has 0 aliphatic carbocycles. The van der Waals surface area contributed by atoms with Gasteiger partial charge in [-0.05, 0) is 38.0 Å². The summed E-state index contributed by atoms with van der Waals surface area (Å²) in [6.45, 7) is 7.34. The highest BCUT2D eigenvalue weighted by Gasteiger charge is 2.25. The Kier molecular flexibility index (Phi) is 4.83. The van der Waals surface area contributed by atoms with Gasteiger partial charge in [-0.2, -0.15) is 5.10 Å². The predicted octanol–water partition coefficient (Wildman–Crippen LogP) is 2.33. The highest BCUT2D eigenvalue weighted by atomic mass is 16.4. The van der Waals surface area contributed by atoms with Crippen LogP contribution in [0.15, 0.2) is 30.3 Å². The van der Waals surface area contributed by atoms with Gasteiger partial charge in [0, 0.05) is 5.69 Å². The first kappa shape index (κ1) is 16.7. The van der Waals surface area contributed by atoms with Gasteiger partial charge in [0.25, 0.3) is 5.91 Å². The molecule has 0 bridgehead atoms. The topological polar surface area (TPSA) is 84.2 Å². The van der Waals surface area contributed by atoms with Crippen LogP contribution in [0, 0.1) is 19.8 Å². The van der Waals surface area contributed by atoms with Crippen molar-refractivity contribution in [3.05, 3.63) is 47.3 Å². The molecule has 2 rings (SSSR count). The van der Waals surface area contributed by atoms with Crippen LogP contribution >= 0.6 is 0 Å². The monoisotopic (exact) mass is 315 g/mol. The molecule has 23 heavy (non-hydrogen) atoms. The SMILES string of the molecule is Cc1ccc(-n2nc(C(=O)NC(C(=O)O)C(C)C)cc2C)cc1. The molecule has 0 aliphatic rings. The molecule has 0 spiro atoms. The molecular formula is C17H21N3O3. The number of carbonyl (C=O) groups is 2. The lowest BCUT2D eigenvalue weighted by Gasteiger charge is -2.16. The van der Waals surface area contributed by atoms with Gasteiger partial charge in [0.15, 0.2) is 5.69 Å².